The van der Waals surface area contributed by atoms with Gasteiger partial charge in [0.25, 0.3) is 0 Å². The number of unbranched alkanes of at least 4 members (excludes halogenated alkanes) is 1. The minimum absolute atomic E-state index is 0.913. The molecule has 0 radical (unpaired) electrons. The van der Waals surface area contributed by atoms with E-state index in [1.165, 1.54) is 51.4 Å². The Labute approximate surface area is 104 Å². The van der Waals surface area contributed by atoms with Crippen LogP contribution in [0.5, 0.6) is 0 Å². The first kappa shape index (κ1) is 15.7. The van der Waals surface area contributed by atoms with Crippen molar-refractivity contribution < 1.29 is 0 Å². The van der Waals surface area contributed by atoms with Gasteiger partial charge in [-0.3, -0.25) is 0 Å². The van der Waals surface area contributed by atoms with Gasteiger partial charge in [-0.05, 0) is 38.5 Å². The molecule has 0 aromatic heterocycles. The lowest BCUT2D eigenvalue weighted by Gasteiger charge is -2.14. The zero-order valence-corrected chi connectivity index (χ0v) is 12.2. The molecule has 0 bridgehead atoms. The van der Waals surface area contributed by atoms with E-state index in [2.05, 4.69) is 34.6 Å². The van der Waals surface area contributed by atoms with Crippen molar-refractivity contribution in [2.45, 2.75) is 86.0 Å². The van der Waals surface area contributed by atoms with E-state index in [0.717, 1.165) is 5.92 Å². The molecule has 0 aromatic carbocycles. The van der Waals surface area contributed by atoms with Crippen LogP contribution in [0.15, 0.2) is 11.1 Å². The third kappa shape index (κ3) is 7.09. The van der Waals surface area contributed by atoms with Crippen LogP contribution in [-0.2, 0) is 0 Å². The second-order valence-electron chi connectivity index (χ2n) is 5.27. The predicted octanol–water partition coefficient (Wildman–Crippen LogP) is 6.12. The molecule has 0 saturated carbocycles. The average Bonchev–Trinajstić information content (AvgIpc) is 2.27. The van der Waals surface area contributed by atoms with Gasteiger partial charge < -0.3 is 0 Å². The molecule has 0 heterocycles. The molecule has 0 aliphatic heterocycles. The summed E-state index contributed by atoms with van der Waals surface area (Å²) in [6.45, 7) is 11.6. The van der Waals surface area contributed by atoms with E-state index >= 15 is 0 Å². The van der Waals surface area contributed by atoms with Crippen LogP contribution in [0.25, 0.3) is 0 Å². The minimum atomic E-state index is 0.913. The summed E-state index contributed by atoms with van der Waals surface area (Å²) in [7, 11) is 0. The normalized spacial score (nSPS) is 14.8. The number of hydrogen-bond acceptors (Lipinski definition) is 0. The largest absolute Gasteiger partial charge is 0.0741 e. The molecular formula is C16H32. The van der Waals surface area contributed by atoms with E-state index in [4.69, 9.17) is 0 Å². The van der Waals surface area contributed by atoms with E-state index in [-0.39, 0.29) is 0 Å². The summed E-state index contributed by atoms with van der Waals surface area (Å²) in [4.78, 5) is 0. The molecule has 0 aliphatic rings. The maximum atomic E-state index is 2.41. The SMILES string of the molecule is CCCCC(C)CCC(CC)=C(C)CCC. The van der Waals surface area contributed by atoms with Crippen LogP contribution in [0.1, 0.15) is 86.0 Å². The summed E-state index contributed by atoms with van der Waals surface area (Å²) in [5, 5.41) is 0. The van der Waals surface area contributed by atoms with Crippen molar-refractivity contribution in [2.75, 3.05) is 0 Å². The van der Waals surface area contributed by atoms with Gasteiger partial charge in [0.05, 0.1) is 0 Å². The summed E-state index contributed by atoms with van der Waals surface area (Å²) in [6, 6.07) is 0. The molecule has 0 spiro atoms. The summed E-state index contributed by atoms with van der Waals surface area (Å²) in [5.41, 5.74) is 3.39. The smallest absolute Gasteiger partial charge is 0.0315 e. The van der Waals surface area contributed by atoms with Crippen LogP contribution in [0, 0.1) is 5.92 Å². The molecule has 0 fully saturated rings. The molecule has 1 unspecified atom stereocenters. The molecule has 16 heavy (non-hydrogen) atoms. The highest BCUT2D eigenvalue weighted by Crippen LogP contribution is 2.23. The molecule has 0 heteroatoms. The van der Waals surface area contributed by atoms with Gasteiger partial charge in [-0.1, -0.05) is 64.5 Å². The first-order chi connectivity index (χ1) is 7.65. The van der Waals surface area contributed by atoms with E-state index in [0.29, 0.717) is 0 Å². The molecule has 0 aliphatic carbocycles. The van der Waals surface area contributed by atoms with Crippen LogP contribution in [0.4, 0.5) is 0 Å². The minimum Gasteiger partial charge on any atom is -0.0741 e. The van der Waals surface area contributed by atoms with Gasteiger partial charge in [0, 0.05) is 0 Å². The Morgan fingerprint density at radius 2 is 1.62 bits per heavy atom. The van der Waals surface area contributed by atoms with E-state index < -0.39 is 0 Å². The van der Waals surface area contributed by atoms with Crippen molar-refractivity contribution in [1.29, 1.82) is 0 Å². The van der Waals surface area contributed by atoms with E-state index in [9.17, 15) is 0 Å². The van der Waals surface area contributed by atoms with E-state index in [1.54, 1.807) is 11.1 Å². The Hall–Kier alpha value is -0.260. The second kappa shape index (κ2) is 9.93. The lowest BCUT2D eigenvalue weighted by atomic mass is 9.92. The predicted molar refractivity (Wildman–Crippen MR) is 75.8 cm³/mol. The Morgan fingerprint density at radius 1 is 0.938 bits per heavy atom. The number of rotatable bonds is 9. The van der Waals surface area contributed by atoms with Crippen molar-refractivity contribution >= 4 is 0 Å². The second-order valence-corrected chi connectivity index (χ2v) is 5.27. The van der Waals surface area contributed by atoms with Crippen LogP contribution >= 0.6 is 0 Å². The topological polar surface area (TPSA) is 0 Å². The molecule has 1 atom stereocenters. The maximum absolute atomic E-state index is 2.41. The van der Waals surface area contributed by atoms with Gasteiger partial charge in [-0.2, -0.15) is 0 Å². The van der Waals surface area contributed by atoms with Gasteiger partial charge in [-0.25, -0.2) is 0 Å². The standard InChI is InChI=1S/C16H32/c1-6-9-11-14(4)12-13-16(8-3)15(5)10-7-2/h14H,6-13H2,1-5H3. The summed E-state index contributed by atoms with van der Waals surface area (Å²) >= 11 is 0. The highest BCUT2D eigenvalue weighted by atomic mass is 14.1. The van der Waals surface area contributed by atoms with Crippen LogP contribution in [-0.4, -0.2) is 0 Å². The van der Waals surface area contributed by atoms with Crippen molar-refractivity contribution in [1.82, 2.24) is 0 Å². The molecule has 0 N–H and O–H groups in total. The fourth-order valence-corrected chi connectivity index (χ4v) is 2.36. The maximum Gasteiger partial charge on any atom is -0.0315 e. The Balaban J connectivity index is 3.99. The van der Waals surface area contributed by atoms with Crippen LogP contribution < -0.4 is 0 Å². The fraction of sp³-hybridized carbons (Fsp3) is 0.875. The Kier molecular flexibility index (Phi) is 9.77. The summed E-state index contributed by atoms with van der Waals surface area (Å²) in [6.07, 6.45) is 10.7. The molecule has 0 nitrogen and oxygen atoms in total. The van der Waals surface area contributed by atoms with Crippen molar-refractivity contribution in [3.8, 4) is 0 Å². The highest BCUT2D eigenvalue weighted by molar-refractivity contribution is 5.11. The van der Waals surface area contributed by atoms with Gasteiger partial charge in [-0.15, -0.1) is 0 Å². The summed E-state index contributed by atoms with van der Waals surface area (Å²) in [5.74, 6) is 0.913. The van der Waals surface area contributed by atoms with Crippen LogP contribution in [0.3, 0.4) is 0 Å². The van der Waals surface area contributed by atoms with Gasteiger partial charge in [0.1, 0.15) is 0 Å². The highest BCUT2D eigenvalue weighted by Gasteiger charge is 2.05. The summed E-state index contributed by atoms with van der Waals surface area (Å²) < 4.78 is 0. The molecule has 0 aromatic rings. The molecule has 0 amide bonds. The molecule has 0 rings (SSSR count). The van der Waals surface area contributed by atoms with E-state index in [1.807, 2.05) is 0 Å². The zero-order valence-electron chi connectivity index (χ0n) is 12.2. The Morgan fingerprint density at radius 3 is 2.12 bits per heavy atom. The number of allylic oxidation sites excluding steroid dienone is 2. The fourth-order valence-electron chi connectivity index (χ4n) is 2.36. The van der Waals surface area contributed by atoms with Crippen molar-refractivity contribution in [3.05, 3.63) is 11.1 Å². The molecule has 0 saturated heterocycles. The van der Waals surface area contributed by atoms with Crippen molar-refractivity contribution in [3.63, 3.8) is 0 Å². The quantitative estimate of drug-likeness (QED) is 0.414. The van der Waals surface area contributed by atoms with Crippen LogP contribution in [0.2, 0.25) is 0 Å². The third-order valence-electron chi connectivity index (χ3n) is 3.64. The average molecular weight is 224 g/mol. The lowest BCUT2D eigenvalue weighted by molar-refractivity contribution is 0.468. The zero-order chi connectivity index (χ0) is 12.4. The first-order valence-corrected chi connectivity index (χ1v) is 7.33. The number of hydrogen-bond donors (Lipinski definition) is 0. The Bertz CT molecular complexity index is 188. The molecule has 96 valence electrons. The first-order valence-electron chi connectivity index (χ1n) is 7.33. The van der Waals surface area contributed by atoms with Crippen molar-refractivity contribution in [2.24, 2.45) is 5.92 Å². The monoisotopic (exact) mass is 224 g/mol. The molecular weight excluding hydrogens is 192 g/mol. The van der Waals surface area contributed by atoms with Gasteiger partial charge in [0.15, 0.2) is 0 Å². The lowest BCUT2D eigenvalue weighted by Crippen LogP contribution is -1.97. The third-order valence-corrected chi connectivity index (χ3v) is 3.64. The van der Waals surface area contributed by atoms with Gasteiger partial charge >= 0.3 is 0 Å². The van der Waals surface area contributed by atoms with Gasteiger partial charge in [0.2, 0.25) is 0 Å².